The third-order valence-electron chi connectivity index (χ3n) is 4.94. The van der Waals surface area contributed by atoms with Gasteiger partial charge in [-0.1, -0.05) is 41.5 Å². The van der Waals surface area contributed by atoms with Crippen molar-refractivity contribution in [3.05, 3.63) is 55.6 Å². The van der Waals surface area contributed by atoms with Gasteiger partial charge in [-0.25, -0.2) is 4.21 Å². The summed E-state index contributed by atoms with van der Waals surface area (Å²) in [5.41, 5.74) is 0.126. The first-order valence-electron chi connectivity index (χ1n) is 9.06. The number of hydrogen-bond donors (Lipinski definition) is 1. The predicted molar refractivity (Wildman–Crippen MR) is 112 cm³/mol. The molecular formula is C20H23N3O5S. The van der Waals surface area contributed by atoms with Gasteiger partial charge >= 0.3 is 0 Å². The number of anilines is 2. The van der Waals surface area contributed by atoms with Crippen molar-refractivity contribution in [3.8, 4) is 0 Å². The maximum atomic E-state index is 13.4. The molecular weight excluding hydrogens is 394 g/mol. The fraction of sp³-hybridized carbons (Fsp3) is 0.400. The van der Waals surface area contributed by atoms with E-state index in [0.29, 0.717) is 11.1 Å². The molecule has 0 unspecified atom stereocenters. The van der Waals surface area contributed by atoms with Gasteiger partial charge in [0.1, 0.15) is 11.4 Å². The van der Waals surface area contributed by atoms with Gasteiger partial charge in [0, 0.05) is 12.1 Å². The molecule has 0 bridgehead atoms. The monoisotopic (exact) mass is 417 g/mol. The first-order chi connectivity index (χ1) is 13.2. The second-order valence-electron chi connectivity index (χ2n) is 9.14. The van der Waals surface area contributed by atoms with Crippen LogP contribution in [0.1, 0.15) is 52.7 Å². The van der Waals surface area contributed by atoms with Gasteiger partial charge in [-0.3, -0.25) is 20.2 Å². The van der Waals surface area contributed by atoms with Crippen LogP contribution < -0.4 is 5.32 Å². The standard InChI is InChI=1S/C20H23N3O5S/c1-19(2,3)11-7-13(22(24)25)17-15(9-11)29(28)16-10-12(20(4,5)6)8-14(23(26)27)18(16)21-17/h7-10,21H,1-6H3. The van der Waals surface area contributed by atoms with Crippen LogP contribution in [0.25, 0.3) is 0 Å². The fourth-order valence-corrected chi connectivity index (χ4v) is 4.53. The highest BCUT2D eigenvalue weighted by Crippen LogP contribution is 2.48. The smallest absolute Gasteiger partial charge is 0.294 e. The lowest BCUT2D eigenvalue weighted by atomic mass is 9.86. The number of hydrogen-bond acceptors (Lipinski definition) is 6. The van der Waals surface area contributed by atoms with Crippen LogP contribution in [0, 0.1) is 20.2 Å². The first kappa shape index (κ1) is 20.9. The molecule has 0 atom stereocenters. The average Bonchev–Trinajstić information content (AvgIpc) is 2.58. The molecule has 1 N–H and O–H groups in total. The Bertz CT molecular complexity index is 997. The molecule has 1 aliphatic rings. The van der Waals surface area contributed by atoms with E-state index in [2.05, 4.69) is 5.32 Å². The Morgan fingerprint density at radius 2 is 1.10 bits per heavy atom. The summed E-state index contributed by atoms with van der Waals surface area (Å²) in [6.45, 7) is 11.5. The van der Waals surface area contributed by atoms with Crippen molar-refractivity contribution in [1.82, 2.24) is 0 Å². The van der Waals surface area contributed by atoms with Gasteiger partial charge in [0.05, 0.1) is 30.4 Å². The molecule has 0 aromatic heterocycles. The summed E-state index contributed by atoms with van der Waals surface area (Å²) >= 11 is 0. The second kappa shape index (κ2) is 6.62. The molecule has 0 aliphatic carbocycles. The molecule has 0 saturated heterocycles. The number of nitro benzene ring substituents is 2. The Kier molecular flexibility index (Phi) is 4.77. The lowest BCUT2D eigenvalue weighted by Gasteiger charge is -2.27. The third-order valence-corrected chi connectivity index (χ3v) is 6.38. The van der Waals surface area contributed by atoms with E-state index >= 15 is 0 Å². The van der Waals surface area contributed by atoms with Gasteiger partial charge in [-0.05, 0) is 34.1 Å². The van der Waals surface area contributed by atoms with E-state index in [0.717, 1.165) is 0 Å². The maximum Gasteiger partial charge on any atom is 0.294 e. The number of rotatable bonds is 2. The quantitative estimate of drug-likeness (QED) is 0.445. The normalized spacial score (nSPS) is 14.0. The van der Waals surface area contributed by atoms with E-state index in [4.69, 9.17) is 0 Å². The molecule has 1 aliphatic heterocycles. The molecule has 3 rings (SSSR count). The maximum absolute atomic E-state index is 13.4. The zero-order valence-electron chi connectivity index (χ0n) is 17.2. The van der Waals surface area contributed by atoms with E-state index in [1.165, 1.54) is 12.1 Å². The molecule has 2 aromatic carbocycles. The third kappa shape index (κ3) is 3.62. The van der Waals surface area contributed by atoms with E-state index < -0.39 is 31.5 Å². The predicted octanol–water partition coefficient (Wildman–Crippen LogP) is 5.32. The van der Waals surface area contributed by atoms with E-state index in [1.54, 1.807) is 12.1 Å². The van der Waals surface area contributed by atoms with Crippen LogP contribution in [0.5, 0.6) is 0 Å². The van der Waals surface area contributed by atoms with Gasteiger partial charge < -0.3 is 5.32 Å². The average molecular weight is 417 g/mol. The number of fused-ring (bicyclic) bond motifs is 2. The Morgan fingerprint density at radius 3 is 1.38 bits per heavy atom. The summed E-state index contributed by atoms with van der Waals surface area (Å²) < 4.78 is 13.4. The Labute approximate surface area is 171 Å². The summed E-state index contributed by atoms with van der Waals surface area (Å²) in [7, 11) is -1.81. The van der Waals surface area contributed by atoms with E-state index in [1.807, 2.05) is 41.5 Å². The molecule has 9 heteroatoms. The summed E-state index contributed by atoms with van der Waals surface area (Å²) in [6, 6.07) is 6.24. The SMILES string of the molecule is CC(C)(C)c1cc([N+](=O)[O-])c2c(c1)S(=O)c1cc(C(C)(C)C)cc([N+](=O)[O-])c1N2. The van der Waals surface area contributed by atoms with Crippen LogP contribution in [0.4, 0.5) is 22.7 Å². The zero-order valence-corrected chi connectivity index (χ0v) is 18.0. The topological polar surface area (TPSA) is 115 Å². The van der Waals surface area contributed by atoms with Gasteiger partial charge in [0.15, 0.2) is 0 Å². The van der Waals surface area contributed by atoms with Crippen LogP contribution in [-0.2, 0) is 21.6 Å². The molecule has 154 valence electrons. The van der Waals surface area contributed by atoms with Crippen molar-refractivity contribution < 1.29 is 14.1 Å². The van der Waals surface area contributed by atoms with Gasteiger partial charge in [0.25, 0.3) is 11.4 Å². The van der Waals surface area contributed by atoms with Crippen molar-refractivity contribution in [2.45, 2.75) is 62.2 Å². The van der Waals surface area contributed by atoms with E-state index in [-0.39, 0.29) is 32.5 Å². The van der Waals surface area contributed by atoms with Gasteiger partial charge in [0.2, 0.25) is 0 Å². The van der Waals surface area contributed by atoms with Crippen molar-refractivity contribution in [1.29, 1.82) is 0 Å². The molecule has 0 amide bonds. The number of benzene rings is 2. The Morgan fingerprint density at radius 1 is 0.759 bits per heavy atom. The Hall–Kier alpha value is -2.81. The van der Waals surface area contributed by atoms with Crippen molar-refractivity contribution in [2.75, 3.05) is 5.32 Å². The first-order valence-corrected chi connectivity index (χ1v) is 10.2. The van der Waals surface area contributed by atoms with Crippen LogP contribution in [-0.4, -0.2) is 14.1 Å². The molecule has 0 fully saturated rings. The number of nitrogens with zero attached hydrogens (tertiary/aromatic N) is 2. The lowest BCUT2D eigenvalue weighted by Crippen LogP contribution is -2.19. The molecule has 0 spiro atoms. The summed E-state index contributed by atoms with van der Waals surface area (Å²) in [5.74, 6) is 0. The minimum absolute atomic E-state index is 0.0421. The van der Waals surface area contributed by atoms with Gasteiger partial charge in [-0.2, -0.15) is 0 Å². The minimum atomic E-state index is -1.81. The highest BCUT2D eigenvalue weighted by atomic mass is 32.2. The summed E-state index contributed by atoms with van der Waals surface area (Å²) in [5, 5.41) is 26.3. The van der Waals surface area contributed by atoms with Crippen molar-refractivity contribution in [3.63, 3.8) is 0 Å². The van der Waals surface area contributed by atoms with Crippen LogP contribution in [0.3, 0.4) is 0 Å². The lowest BCUT2D eigenvalue weighted by molar-refractivity contribution is -0.384. The zero-order chi connectivity index (χ0) is 21.9. The molecule has 0 saturated carbocycles. The molecule has 8 nitrogen and oxygen atoms in total. The minimum Gasteiger partial charge on any atom is -0.342 e. The van der Waals surface area contributed by atoms with E-state index in [9.17, 15) is 24.4 Å². The Balaban J connectivity index is 2.35. The second-order valence-corrected chi connectivity index (χ2v) is 10.6. The van der Waals surface area contributed by atoms with Gasteiger partial charge in [-0.15, -0.1) is 0 Å². The largest absolute Gasteiger partial charge is 0.342 e. The fourth-order valence-electron chi connectivity index (χ4n) is 3.14. The van der Waals surface area contributed by atoms with Crippen LogP contribution >= 0.6 is 0 Å². The van der Waals surface area contributed by atoms with Crippen LogP contribution in [0.2, 0.25) is 0 Å². The highest BCUT2D eigenvalue weighted by molar-refractivity contribution is 7.85. The van der Waals surface area contributed by atoms with Crippen molar-refractivity contribution >= 4 is 33.5 Å². The number of nitrogens with one attached hydrogen (secondary N) is 1. The summed E-state index contributed by atoms with van der Waals surface area (Å²) in [4.78, 5) is 22.8. The van der Waals surface area contributed by atoms with Crippen LogP contribution in [0.15, 0.2) is 34.1 Å². The van der Waals surface area contributed by atoms with Crippen molar-refractivity contribution in [2.24, 2.45) is 0 Å². The highest BCUT2D eigenvalue weighted by Gasteiger charge is 2.36. The summed E-state index contributed by atoms with van der Waals surface area (Å²) in [6.07, 6.45) is 0. The number of nitro groups is 2. The molecule has 29 heavy (non-hydrogen) atoms. The molecule has 0 radical (unpaired) electrons. The molecule has 1 heterocycles. The molecule has 2 aromatic rings.